The largest absolute Gasteiger partial charge is 0.432 e. The summed E-state index contributed by atoms with van der Waals surface area (Å²) >= 11 is 3.62. The molecule has 284 valence electrons. The number of nitrogens with zero attached hydrogens (tertiary/aromatic N) is 2. The molecule has 5 aromatic rings. The zero-order valence-electron chi connectivity index (χ0n) is 31.1. The summed E-state index contributed by atoms with van der Waals surface area (Å²) < 4.78 is 7.75. The Kier molecular flexibility index (Phi) is 9.83. The SMILES string of the molecule is C[C@H]1[C@H]([Si](C)(C)O)[C@@H](CC(=O)N2Cc3ccccc3C[C@H]2CO)O[C@]12C(=O)N(Cc1ccc(NC(=O)Cc3c[nH]c4ccccc34)cc1)c1ccc(Br)cc12. The minimum Gasteiger partial charge on any atom is -0.432 e. The highest BCUT2D eigenvalue weighted by Gasteiger charge is 2.66. The van der Waals surface area contributed by atoms with Crippen LogP contribution in [-0.4, -0.2) is 64.6 Å². The number of nitrogens with one attached hydrogen (secondary N) is 2. The smallest absolute Gasteiger partial charge is 0.264 e. The van der Waals surface area contributed by atoms with Crippen LogP contribution in [0.1, 0.15) is 41.2 Å². The fourth-order valence-corrected chi connectivity index (χ4v) is 12.2. The van der Waals surface area contributed by atoms with Gasteiger partial charge in [0.2, 0.25) is 11.8 Å². The molecular formula is C43H45BrN4O6Si. The summed E-state index contributed by atoms with van der Waals surface area (Å²) in [5.41, 5.74) is 5.18. The van der Waals surface area contributed by atoms with Crippen LogP contribution in [0.2, 0.25) is 18.6 Å². The average molecular weight is 822 g/mol. The number of halogens is 1. The predicted octanol–water partition coefficient (Wildman–Crippen LogP) is 6.79. The highest BCUT2D eigenvalue weighted by molar-refractivity contribution is 9.10. The second-order valence-electron chi connectivity index (χ2n) is 15.7. The van der Waals surface area contributed by atoms with E-state index < -0.39 is 31.5 Å². The number of ether oxygens (including phenoxy) is 1. The van der Waals surface area contributed by atoms with Gasteiger partial charge in [0.1, 0.15) is 0 Å². The summed E-state index contributed by atoms with van der Waals surface area (Å²) in [7, 11) is -3.02. The first-order valence-electron chi connectivity index (χ1n) is 18.8. The first-order valence-corrected chi connectivity index (χ1v) is 22.6. The molecule has 4 heterocycles. The molecule has 0 saturated carbocycles. The van der Waals surface area contributed by atoms with Crippen LogP contribution < -0.4 is 10.2 Å². The molecule has 3 amide bonds. The lowest BCUT2D eigenvalue weighted by atomic mass is 9.82. The molecule has 1 aromatic heterocycles. The highest BCUT2D eigenvalue weighted by atomic mass is 79.9. The molecule has 10 nitrogen and oxygen atoms in total. The van der Waals surface area contributed by atoms with Crippen LogP contribution in [0.5, 0.6) is 0 Å². The number of rotatable bonds is 9. The van der Waals surface area contributed by atoms with E-state index in [1.165, 1.54) is 0 Å². The number of hydrogen-bond acceptors (Lipinski definition) is 6. The van der Waals surface area contributed by atoms with Crippen LogP contribution in [0.15, 0.2) is 102 Å². The van der Waals surface area contributed by atoms with Crippen molar-refractivity contribution in [2.75, 3.05) is 16.8 Å². The number of benzene rings is 4. The Morgan fingerprint density at radius 3 is 2.49 bits per heavy atom. The maximum atomic E-state index is 14.9. The molecule has 0 unspecified atom stereocenters. The zero-order chi connectivity index (χ0) is 38.6. The fourth-order valence-electron chi connectivity index (χ4n) is 9.27. The number of aromatic amines is 1. The van der Waals surface area contributed by atoms with Gasteiger partial charge in [-0.25, -0.2) is 0 Å². The third-order valence-electron chi connectivity index (χ3n) is 11.8. The molecule has 0 radical (unpaired) electrons. The lowest BCUT2D eigenvalue weighted by molar-refractivity contribution is -0.151. The van der Waals surface area contributed by atoms with Crippen LogP contribution in [-0.2, 0) is 50.7 Å². The Balaban J connectivity index is 1.03. The van der Waals surface area contributed by atoms with E-state index in [1.54, 1.807) is 9.80 Å². The molecule has 8 rings (SSSR count). The second kappa shape index (κ2) is 14.5. The van der Waals surface area contributed by atoms with E-state index in [2.05, 4.69) is 26.2 Å². The number of aliphatic hydroxyl groups excluding tert-OH is 1. The van der Waals surface area contributed by atoms with Crippen molar-refractivity contribution >= 4 is 64.2 Å². The number of anilines is 2. The van der Waals surface area contributed by atoms with Crippen LogP contribution in [0.4, 0.5) is 11.4 Å². The predicted molar refractivity (Wildman–Crippen MR) is 218 cm³/mol. The molecule has 0 aliphatic carbocycles. The fraction of sp³-hybridized carbons (Fsp3) is 0.326. The van der Waals surface area contributed by atoms with Gasteiger partial charge in [0.15, 0.2) is 13.9 Å². The number of carbonyl (C=O) groups is 3. The molecular weight excluding hydrogens is 776 g/mol. The molecule has 1 saturated heterocycles. The maximum absolute atomic E-state index is 14.9. The molecule has 4 aromatic carbocycles. The van der Waals surface area contributed by atoms with Crippen molar-refractivity contribution in [2.45, 2.75) is 75.7 Å². The Bertz CT molecular complexity index is 2290. The monoisotopic (exact) mass is 820 g/mol. The van der Waals surface area contributed by atoms with E-state index in [1.807, 2.05) is 117 Å². The zero-order valence-corrected chi connectivity index (χ0v) is 33.7. The van der Waals surface area contributed by atoms with Crippen molar-refractivity contribution in [3.63, 3.8) is 0 Å². The lowest BCUT2D eigenvalue weighted by Crippen LogP contribution is -2.48. The minimum absolute atomic E-state index is 0.0173. The van der Waals surface area contributed by atoms with Crippen molar-refractivity contribution in [1.82, 2.24) is 9.88 Å². The first-order chi connectivity index (χ1) is 26.4. The van der Waals surface area contributed by atoms with E-state index in [0.717, 1.165) is 37.6 Å². The third kappa shape index (κ3) is 6.73. The number of H-pyrrole nitrogens is 1. The van der Waals surface area contributed by atoms with Gasteiger partial charge in [0.25, 0.3) is 5.91 Å². The molecule has 3 aliphatic heterocycles. The maximum Gasteiger partial charge on any atom is 0.264 e. The van der Waals surface area contributed by atoms with Crippen LogP contribution in [0, 0.1) is 5.92 Å². The number of amides is 3. The third-order valence-corrected chi connectivity index (χ3v) is 14.8. The van der Waals surface area contributed by atoms with Crippen molar-refractivity contribution < 1.29 is 29.0 Å². The summed E-state index contributed by atoms with van der Waals surface area (Å²) in [5.74, 6) is -0.970. The molecule has 1 spiro atoms. The summed E-state index contributed by atoms with van der Waals surface area (Å²) in [6.07, 6.45) is 1.92. The number of fused-ring (bicyclic) bond motifs is 4. The Morgan fingerprint density at radius 2 is 1.75 bits per heavy atom. The molecule has 55 heavy (non-hydrogen) atoms. The molecule has 12 heteroatoms. The normalized spacial score (nSPS) is 23.3. The van der Waals surface area contributed by atoms with Gasteiger partial charge >= 0.3 is 0 Å². The average Bonchev–Trinajstić information content (AvgIpc) is 3.78. The molecule has 5 atom stereocenters. The van der Waals surface area contributed by atoms with E-state index in [-0.39, 0.29) is 49.8 Å². The number of aromatic nitrogens is 1. The van der Waals surface area contributed by atoms with Crippen molar-refractivity contribution in [3.8, 4) is 0 Å². The van der Waals surface area contributed by atoms with Gasteiger partial charge < -0.3 is 34.7 Å². The standard InChI is InChI=1S/C43H45BrN4O6Si/c1-26-41(55(2,3)53)38(21-40(51)47-24-29-9-5-4-8-28(29)18-33(47)25-49)54-43(26)35-20-31(44)14-17-37(35)48(42(43)52)23-27-12-15-32(16-13-27)46-39(50)19-30-22-45-36-11-7-6-10-34(30)36/h4-17,20,22,26,33,38,41,45,49,53H,18-19,21,23-25H2,1-3H3,(H,46,50)/t26-,33-,38+,41-,43+/m0/s1. The molecule has 3 aliphatic rings. The van der Waals surface area contributed by atoms with Gasteiger partial charge in [-0.2, -0.15) is 0 Å². The topological polar surface area (TPSA) is 135 Å². The molecule has 4 N–H and O–H groups in total. The van der Waals surface area contributed by atoms with Gasteiger partial charge in [-0.15, -0.1) is 0 Å². The van der Waals surface area contributed by atoms with Gasteiger partial charge in [-0.1, -0.05) is 77.5 Å². The summed E-state index contributed by atoms with van der Waals surface area (Å²) in [6.45, 7) is 6.14. The Labute approximate surface area is 329 Å². The molecule has 0 bridgehead atoms. The number of carbonyl (C=O) groups excluding carboxylic acids is 3. The quantitative estimate of drug-likeness (QED) is 0.121. The minimum atomic E-state index is -3.02. The first kappa shape index (κ1) is 37.3. The van der Waals surface area contributed by atoms with Crippen molar-refractivity contribution in [1.29, 1.82) is 0 Å². The van der Waals surface area contributed by atoms with Gasteiger partial charge in [-0.3, -0.25) is 14.4 Å². The van der Waals surface area contributed by atoms with E-state index in [0.29, 0.717) is 29.9 Å². The number of hydrogen-bond donors (Lipinski definition) is 4. The Hall–Kier alpha value is -4.59. The summed E-state index contributed by atoms with van der Waals surface area (Å²) in [4.78, 5) is 60.5. The highest BCUT2D eigenvalue weighted by Crippen LogP contribution is 2.60. The van der Waals surface area contributed by atoms with Crippen molar-refractivity contribution in [2.24, 2.45) is 5.92 Å². The van der Waals surface area contributed by atoms with Gasteiger partial charge in [0, 0.05) is 50.8 Å². The second-order valence-corrected chi connectivity index (χ2v) is 20.6. The van der Waals surface area contributed by atoms with E-state index in [9.17, 15) is 24.3 Å². The van der Waals surface area contributed by atoms with Crippen LogP contribution in [0.3, 0.4) is 0 Å². The molecule has 1 fully saturated rings. The van der Waals surface area contributed by atoms with E-state index in [4.69, 9.17) is 4.74 Å². The van der Waals surface area contributed by atoms with Gasteiger partial charge in [-0.05, 0) is 78.2 Å². The van der Waals surface area contributed by atoms with E-state index >= 15 is 0 Å². The Morgan fingerprint density at radius 1 is 1.02 bits per heavy atom. The summed E-state index contributed by atoms with van der Waals surface area (Å²) in [6, 6.07) is 28.7. The number of aliphatic hydroxyl groups is 1. The van der Waals surface area contributed by atoms with Crippen LogP contribution >= 0.6 is 15.9 Å². The number of para-hydroxylation sites is 1. The lowest BCUT2D eigenvalue weighted by Gasteiger charge is -2.37. The van der Waals surface area contributed by atoms with Crippen molar-refractivity contribution in [3.05, 3.63) is 129 Å². The summed E-state index contributed by atoms with van der Waals surface area (Å²) in [5, 5.41) is 14.3. The van der Waals surface area contributed by atoms with Crippen LogP contribution in [0.25, 0.3) is 10.9 Å². The van der Waals surface area contributed by atoms with Gasteiger partial charge in [0.05, 0.1) is 43.8 Å².